The van der Waals surface area contributed by atoms with Gasteiger partial charge in [-0.2, -0.15) is 0 Å². The van der Waals surface area contributed by atoms with E-state index < -0.39 is 24.0 Å². The quantitative estimate of drug-likeness (QED) is 0.701. The second-order valence-corrected chi connectivity index (χ2v) is 7.09. The number of hydrogen-bond donors (Lipinski definition) is 3. The highest BCUT2D eigenvalue weighted by atomic mass is 16.4. The summed E-state index contributed by atoms with van der Waals surface area (Å²) in [5.41, 5.74) is 1.51. The van der Waals surface area contributed by atoms with E-state index >= 15 is 0 Å². The molecule has 9 heteroatoms. The average molecular weight is 397 g/mol. The summed E-state index contributed by atoms with van der Waals surface area (Å²) < 4.78 is 5.38. The molecule has 0 bridgehead atoms. The van der Waals surface area contributed by atoms with E-state index in [9.17, 15) is 19.2 Å². The summed E-state index contributed by atoms with van der Waals surface area (Å²) in [7, 11) is 0. The molecule has 1 saturated heterocycles. The van der Waals surface area contributed by atoms with Crippen LogP contribution in [0.15, 0.2) is 41.0 Å². The van der Waals surface area contributed by atoms with Crippen molar-refractivity contribution in [3.05, 3.63) is 42.2 Å². The monoisotopic (exact) mass is 397 g/mol. The Morgan fingerprint density at radius 3 is 2.79 bits per heavy atom. The molecule has 3 N–H and O–H groups in total. The smallest absolute Gasteiger partial charge is 0.303 e. The molecule has 2 aliphatic rings. The van der Waals surface area contributed by atoms with Gasteiger partial charge in [-0.15, -0.1) is 0 Å². The molecule has 0 saturated carbocycles. The zero-order valence-corrected chi connectivity index (χ0v) is 15.4. The summed E-state index contributed by atoms with van der Waals surface area (Å²) in [6.07, 6.45) is 1.40. The van der Waals surface area contributed by atoms with Gasteiger partial charge >= 0.3 is 5.97 Å². The van der Waals surface area contributed by atoms with Crippen molar-refractivity contribution in [1.82, 2.24) is 10.2 Å². The summed E-state index contributed by atoms with van der Waals surface area (Å²) in [6.45, 7) is 0.181. The maximum Gasteiger partial charge on any atom is 0.303 e. The van der Waals surface area contributed by atoms with Gasteiger partial charge < -0.3 is 25.1 Å². The molecule has 2 unspecified atom stereocenters. The molecule has 3 amide bonds. The summed E-state index contributed by atoms with van der Waals surface area (Å²) in [4.78, 5) is 49.8. The highest BCUT2D eigenvalue weighted by Crippen LogP contribution is 2.32. The van der Waals surface area contributed by atoms with E-state index in [-0.39, 0.29) is 37.6 Å². The fourth-order valence-corrected chi connectivity index (χ4v) is 3.73. The minimum atomic E-state index is -1.06. The van der Waals surface area contributed by atoms with Crippen molar-refractivity contribution in [2.24, 2.45) is 0 Å². The van der Waals surface area contributed by atoms with Gasteiger partial charge in [-0.3, -0.25) is 19.2 Å². The lowest BCUT2D eigenvalue weighted by atomic mass is 10.1. The minimum Gasteiger partial charge on any atom is -0.481 e. The summed E-state index contributed by atoms with van der Waals surface area (Å²) in [5.74, 6) is -1.48. The predicted octanol–water partition coefficient (Wildman–Crippen LogP) is 1.46. The number of benzene rings is 1. The third kappa shape index (κ3) is 3.71. The molecule has 1 fully saturated rings. The molecule has 4 rings (SSSR count). The Hall–Kier alpha value is -3.62. The average Bonchev–Trinajstić information content (AvgIpc) is 3.34. The first-order chi connectivity index (χ1) is 13.9. The van der Waals surface area contributed by atoms with Gasteiger partial charge in [-0.05, 0) is 36.8 Å². The van der Waals surface area contributed by atoms with Gasteiger partial charge in [0.25, 0.3) is 5.91 Å². The number of carboxylic acid groups (broad SMARTS) is 1. The first kappa shape index (κ1) is 18.7. The third-order valence-corrected chi connectivity index (χ3v) is 5.11. The molecule has 2 atom stereocenters. The van der Waals surface area contributed by atoms with E-state index in [1.807, 2.05) is 0 Å². The highest BCUT2D eigenvalue weighted by molar-refractivity contribution is 6.10. The van der Waals surface area contributed by atoms with Crippen molar-refractivity contribution < 1.29 is 28.7 Å². The van der Waals surface area contributed by atoms with Crippen LogP contribution in [0.4, 0.5) is 5.69 Å². The van der Waals surface area contributed by atoms with Crippen molar-refractivity contribution in [2.45, 2.75) is 31.3 Å². The minimum absolute atomic E-state index is 0.147. The fourth-order valence-electron chi connectivity index (χ4n) is 3.73. The number of carboxylic acids is 1. The number of nitrogens with zero attached hydrogens (tertiary/aromatic N) is 1. The molecule has 0 radical (unpaired) electrons. The van der Waals surface area contributed by atoms with E-state index in [2.05, 4.69) is 10.6 Å². The van der Waals surface area contributed by atoms with Gasteiger partial charge in [0.2, 0.25) is 11.8 Å². The lowest BCUT2D eigenvalue weighted by Gasteiger charge is -2.20. The predicted molar refractivity (Wildman–Crippen MR) is 101 cm³/mol. The van der Waals surface area contributed by atoms with E-state index in [4.69, 9.17) is 9.52 Å². The van der Waals surface area contributed by atoms with Crippen LogP contribution in [-0.4, -0.2) is 52.3 Å². The standard InChI is InChI=1S/C20H19N3O6/c24-17(5-6-18(25)26)21-12-9-15-19(27)22-14-4-3-11(16-2-1-7-29-16)8-13(14)20(28)23(15)10-12/h1-4,7-8,12,15H,5-6,9-10H2,(H,21,24)(H,22,27)(H,25,26). The number of furan rings is 1. The van der Waals surface area contributed by atoms with Crippen LogP contribution in [-0.2, 0) is 14.4 Å². The Labute approximate surface area is 165 Å². The van der Waals surface area contributed by atoms with Crippen LogP contribution in [0, 0.1) is 0 Å². The molecule has 2 aliphatic heterocycles. The molecular formula is C20H19N3O6. The van der Waals surface area contributed by atoms with Gasteiger partial charge in [0.1, 0.15) is 11.8 Å². The van der Waals surface area contributed by atoms with Crippen LogP contribution in [0.3, 0.4) is 0 Å². The van der Waals surface area contributed by atoms with Crippen molar-refractivity contribution >= 4 is 29.4 Å². The molecular weight excluding hydrogens is 378 g/mol. The summed E-state index contributed by atoms with van der Waals surface area (Å²) >= 11 is 0. The Morgan fingerprint density at radius 1 is 1.24 bits per heavy atom. The molecule has 150 valence electrons. The molecule has 1 aromatic heterocycles. The van der Waals surface area contributed by atoms with Crippen LogP contribution < -0.4 is 10.6 Å². The van der Waals surface area contributed by atoms with Gasteiger partial charge in [-0.25, -0.2) is 0 Å². The number of carbonyl (C=O) groups excluding carboxylic acids is 3. The van der Waals surface area contributed by atoms with Crippen molar-refractivity contribution in [1.29, 1.82) is 0 Å². The number of amides is 3. The lowest BCUT2D eigenvalue weighted by molar-refractivity contribution is -0.138. The molecule has 2 aromatic rings. The van der Waals surface area contributed by atoms with Gasteiger partial charge in [0.15, 0.2) is 0 Å². The maximum atomic E-state index is 13.1. The van der Waals surface area contributed by atoms with Crippen molar-refractivity contribution in [2.75, 3.05) is 11.9 Å². The SMILES string of the molecule is O=C(O)CCC(=O)NC1CC2C(=O)Nc3ccc(-c4ccco4)cc3C(=O)N2C1. The molecule has 9 nitrogen and oxygen atoms in total. The molecule has 29 heavy (non-hydrogen) atoms. The molecule has 3 heterocycles. The normalized spacial score (nSPS) is 20.5. The second-order valence-electron chi connectivity index (χ2n) is 7.09. The topological polar surface area (TPSA) is 129 Å². The number of carbonyl (C=O) groups is 4. The Morgan fingerprint density at radius 2 is 2.07 bits per heavy atom. The Balaban J connectivity index is 1.54. The largest absolute Gasteiger partial charge is 0.481 e. The van der Waals surface area contributed by atoms with E-state index in [1.54, 1.807) is 36.6 Å². The number of nitrogens with one attached hydrogen (secondary N) is 2. The zero-order valence-electron chi connectivity index (χ0n) is 15.4. The first-order valence-electron chi connectivity index (χ1n) is 9.23. The van der Waals surface area contributed by atoms with Crippen LogP contribution in [0.1, 0.15) is 29.6 Å². The van der Waals surface area contributed by atoms with Crippen molar-refractivity contribution in [3.63, 3.8) is 0 Å². The Kier molecular flexibility index (Phi) is 4.79. The second kappa shape index (κ2) is 7.42. The third-order valence-electron chi connectivity index (χ3n) is 5.11. The summed E-state index contributed by atoms with van der Waals surface area (Å²) in [6, 6.07) is 7.54. The van der Waals surface area contributed by atoms with Gasteiger partial charge in [0.05, 0.1) is 23.9 Å². The summed E-state index contributed by atoms with van der Waals surface area (Å²) in [5, 5.41) is 14.2. The number of fused-ring (bicyclic) bond motifs is 2. The fraction of sp³-hybridized carbons (Fsp3) is 0.300. The van der Waals surface area contributed by atoms with Crippen LogP contribution in [0.25, 0.3) is 11.3 Å². The lowest BCUT2D eigenvalue weighted by Crippen LogP contribution is -2.41. The number of anilines is 1. The van der Waals surface area contributed by atoms with Crippen LogP contribution in [0.2, 0.25) is 0 Å². The number of aliphatic carboxylic acids is 1. The highest BCUT2D eigenvalue weighted by Gasteiger charge is 2.43. The van der Waals surface area contributed by atoms with Crippen molar-refractivity contribution in [3.8, 4) is 11.3 Å². The van der Waals surface area contributed by atoms with Gasteiger partial charge in [-0.1, -0.05) is 0 Å². The maximum absolute atomic E-state index is 13.1. The molecule has 0 spiro atoms. The Bertz CT molecular complexity index is 984. The molecule has 0 aliphatic carbocycles. The van der Waals surface area contributed by atoms with Crippen LogP contribution in [0.5, 0.6) is 0 Å². The van der Waals surface area contributed by atoms with Crippen LogP contribution >= 0.6 is 0 Å². The molecule has 1 aromatic carbocycles. The number of hydrogen-bond acceptors (Lipinski definition) is 5. The van der Waals surface area contributed by atoms with E-state index in [1.165, 1.54) is 4.90 Å². The zero-order chi connectivity index (χ0) is 20.5. The van der Waals surface area contributed by atoms with E-state index in [0.717, 1.165) is 0 Å². The first-order valence-corrected chi connectivity index (χ1v) is 9.23. The van der Waals surface area contributed by atoms with Gasteiger partial charge in [0, 0.05) is 24.6 Å². The number of rotatable bonds is 5. The van der Waals surface area contributed by atoms with E-state index in [0.29, 0.717) is 22.6 Å².